The van der Waals surface area contributed by atoms with Gasteiger partial charge in [-0.3, -0.25) is 9.69 Å². The van der Waals surface area contributed by atoms with Crippen molar-refractivity contribution in [3.63, 3.8) is 0 Å². The zero-order valence-electron chi connectivity index (χ0n) is 29.9. The van der Waals surface area contributed by atoms with Gasteiger partial charge >= 0.3 is 6.09 Å². The summed E-state index contributed by atoms with van der Waals surface area (Å²) in [6.07, 6.45) is 1.92. The Morgan fingerprint density at radius 2 is 1.83 bits per heavy atom. The molecule has 3 fully saturated rings. The normalized spacial score (nSPS) is 22.3. The lowest BCUT2D eigenvalue weighted by Gasteiger charge is -2.47. The number of benzene rings is 3. The van der Waals surface area contributed by atoms with E-state index in [2.05, 4.69) is 19.7 Å². The number of amides is 2. The first kappa shape index (κ1) is 35.9. The number of ether oxygens (including phenoxy) is 2. The number of likely N-dealkylation sites (N-methyl/N-ethyl adjacent to an activating group) is 1. The van der Waals surface area contributed by atoms with E-state index >= 15 is 0 Å². The van der Waals surface area contributed by atoms with Crippen molar-refractivity contribution in [3.8, 4) is 11.5 Å². The average molecular weight is 763 g/mol. The molecular formula is C39H47ClN6O4S2. The Hall–Kier alpha value is -3.13. The van der Waals surface area contributed by atoms with Crippen LogP contribution in [0.3, 0.4) is 0 Å². The molecule has 3 saturated heterocycles. The molecule has 1 N–H and O–H groups in total. The van der Waals surface area contributed by atoms with E-state index in [0.717, 1.165) is 82.8 Å². The molecule has 3 atom stereocenters. The van der Waals surface area contributed by atoms with Gasteiger partial charge in [0, 0.05) is 91.0 Å². The molecule has 0 saturated carbocycles. The first-order valence-corrected chi connectivity index (χ1v) is 21.4. The highest BCUT2D eigenvalue weighted by Crippen LogP contribution is 2.46. The number of aromatic amines is 1. The third-order valence-electron chi connectivity index (χ3n) is 11.0. The smallest absolute Gasteiger partial charge is 0.415 e. The van der Waals surface area contributed by atoms with E-state index in [9.17, 15) is 9.59 Å². The van der Waals surface area contributed by atoms with Crippen LogP contribution in [0.1, 0.15) is 34.8 Å². The number of aromatic nitrogens is 1. The van der Waals surface area contributed by atoms with Crippen LogP contribution in [0.25, 0.3) is 21.7 Å². The summed E-state index contributed by atoms with van der Waals surface area (Å²) in [5.74, 6) is 3.38. The number of rotatable bonds is 10. The van der Waals surface area contributed by atoms with Crippen molar-refractivity contribution in [2.24, 2.45) is 0 Å². The molecule has 0 spiro atoms. The lowest BCUT2D eigenvalue weighted by Crippen LogP contribution is -2.63. The highest BCUT2D eigenvalue weighted by Gasteiger charge is 2.41. The fraction of sp³-hybridized carbons (Fsp3) is 0.487. The number of carbonyl (C=O) groups is 2. The van der Waals surface area contributed by atoms with Crippen LogP contribution in [0.2, 0.25) is 0 Å². The predicted molar refractivity (Wildman–Crippen MR) is 214 cm³/mol. The summed E-state index contributed by atoms with van der Waals surface area (Å²) in [5, 5.41) is 2.71. The van der Waals surface area contributed by atoms with E-state index < -0.39 is 0 Å². The average Bonchev–Trinajstić information content (AvgIpc) is 3.63. The second-order valence-electron chi connectivity index (χ2n) is 14.5. The molecule has 1 aromatic heterocycles. The van der Waals surface area contributed by atoms with E-state index in [-0.39, 0.29) is 24.0 Å². The maximum absolute atomic E-state index is 14.3. The van der Waals surface area contributed by atoms with E-state index in [1.165, 1.54) is 19.5 Å². The topological polar surface area (TPSA) is 84.6 Å². The minimum absolute atomic E-state index is 0.0672. The highest BCUT2D eigenvalue weighted by molar-refractivity contribution is 8.76. The minimum atomic E-state index is -0.316. The first-order chi connectivity index (χ1) is 25.4. The number of hydrogen-bond donors (Lipinski definition) is 1. The van der Waals surface area contributed by atoms with Crippen LogP contribution in [0.4, 0.5) is 10.5 Å². The van der Waals surface area contributed by atoms with Crippen molar-refractivity contribution in [3.05, 3.63) is 65.9 Å². The standard InChI is InChI=1S/C39H47ClN6O4S2/c1-42(2)17-18-49-28-8-9-31-26(20-28)21-32(41-31)38(47)46-24-27(23-40)37-30-7-4-3-6-29(30)36(22-34(37)46)50-39(48)45-16-15-44(14-13-43-11-5-12-43)35-25-52-51-19-10-33(35)45/h3-4,6-9,20-22,27,33,35,41H,5,10-19,23-25H2,1-2H3/t27-,33-,35+/m1/s1. The van der Waals surface area contributed by atoms with Crippen LogP contribution in [-0.4, -0.2) is 139 Å². The molecule has 52 heavy (non-hydrogen) atoms. The first-order valence-electron chi connectivity index (χ1n) is 18.4. The molecule has 8 rings (SSSR count). The lowest BCUT2D eigenvalue weighted by atomic mass is 9.95. The minimum Gasteiger partial charge on any atom is -0.492 e. The Bertz CT molecular complexity index is 1940. The molecule has 10 nitrogen and oxygen atoms in total. The van der Waals surface area contributed by atoms with Crippen molar-refractivity contribution < 1.29 is 19.1 Å². The van der Waals surface area contributed by atoms with Crippen molar-refractivity contribution in [1.82, 2.24) is 24.6 Å². The van der Waals surface area contributed by atoms with Crippen LogP contribution >= 0.6 is 33.2 Å². The number of nitrogens with zero attached hydrogens (tertiary/aromatic N) is 5. The lowest BCUT2D eigenvalue weighted by molar-refractivity contribution is 0.0262. The fourth-order valence-corrected chi connectivity index (χ4v) is 10.8. The van der Waals surface area contributed by atoms with Crippen LogP contribution < -0.4 is 14.4 Å². The zero-order chi connectivity index (χ0) is 35.8. The van der Waals surface area contributed by atoms with Gasteiger partial charge in [0.25, 0.3) is 5.91 Å². The van der Waals surface area contributed by atoms with Gasteiger partial charge in [-0.25, -0.2) is 4.79 Å². The molecule has 2 amide bonds. The molecule has 13 heteroatoms. The predicted octanol–water partition coefficient (Wildman–Crippen LogP) is 6.59. The van der Waals surface area contributed by atoms with Crippen LogP contribution in [0.15, 0.2) is 54.6 Å². The number of alkyl halides is 1. The van der Waals surface area contributed by atoms with Crippen molar-refractivity contribution in [2.75, 3.05) is 95.3 Å². The van der Waals surface area contributed by atoms with Crippen molar-refractivity contribution in [1.29, 1.82) is 0 Å². The molecule has 0 aliphatic carbocycles. The van der Waals surface area contributed by atoms with Gasteiger partial charge in [-0.15, -0.1) is 11.6 Å². The monoisotopic (exact) mass is 762 g/mol. The number of halogens is 1. The number of piperazine rings is 1. The Balaban J connectivity index is 1.06. The van der Waals surface area contributed by atoms with E-state index in [1.54, 1.807) is 4.90 Å². The summed E-state index contributed by atoms with van der Waals surface area (Å²) >= 11 is 6.60. The van der Waals surface area contributed by atoms with E-state index in [1.807, 2.05) is 95.2 Å². The van der Waals surface area contributed by atoms with Crippen LogP contribution in [0.5, 0.6) is 11.5 Å². The molecule has 0 bridgehead atoms. The number of H-pyrrole nitrogens is 1. The number of carbonyl (C=O) groups excluding carboxylic acids is 2. The third-order valence-corrected chi connectivity index (χ3v) is 13.9. The molecule has 4 aliphatic rings. The summed E-state index contributed by atoms with van der Waals surface area (Å²) < 4.78 is 12.4. The Morgan fingerprint density at radius 1 is 0.981 bits per heavy atom. The molecule has 276 valence electrons. The molecule has 4 aliphatic heterocycles. The largest absolute Gasteiger partial charge is 0.492 e. The summed E-state index contributed by atoms with van der Waals surface area (Å²) in [4.78, 5) is 42.9. The zero-order valence-corrected chi connectivity index (χ0v) is 32.3. The fourth-order valence-electron chi connectivity index (χ4n) is 8.08. The van der Waals surface area contributed by atoms with Gasteiger partial charge in [0.05, 0.1) is 11.7 Å². The Labute approximate surface area is 318 Å². The number of anilines is 1. The Kier molecular flexibility index (Phi) is 10.8. The molecular weight excluding hydrogens is 716 g/mol. The quantitative estimate of drug-likeness (QED) is 0.142. The summed E-state index contributed by atoms with van der Waals surface area (Å²) in [7, 11) is 7.86. The molecule has 4 aromatic rings. The van der Waals surface area contributed by atoms with Gasteiger partial charge in [0.15, 0.2) is 0 Å². The molecule has 0 radical (unpaired) electrons. The molecule has 3 aromatic carbocycles. The maximum Gasteiger partial charge on any atom is 0.415 e. The molecule has 5 heterocycles. The number of fused-ring (bicyclic) bond motifs is 5. The van der Waals surface area contributed by atoms with Crippen molar-refractivity contribution >= 4 is 72.6 Å². The molecule has 0 unspecified atom stereocenters. The SMILES string of the molecule is CN(C)CCOc1ccc2[nH]c(C(=O)N3C[C@@H](CCl)c4c3cc(OC(=O)N3CCN(CCN5CCC5)[C@H]5CSSCC[C@H]53)c3ccccc43)cc2c1. The Morgan fingerprint density at radius 3 is 2.62 bits per heavy atom. The summed E-state index contributed by atoms with van der Waals surface area (Å²) in [5.41, 5.74) is 3.09. The summed E-state index contributed by atoms with van der Waals surface area (Å²) in [6, 6.07) is 18.0. The number of nitrogens with one attached hydrogen (secondary N) is 1. The van der Waals surface area contributed by atoms with Crippen molar-refractivity contribution in [2.45, 2.75) is 30.8 Å². The summed E-state index contributed by atoms with van der Waals surface area (Å²) in [6.45, 7) is 7.84. The van der Waals surface area contributed by atoms with Crippen LogP contribution in [0, 0.1) is 0 Å². The number of hydrogen-bond acceptors (Lipinski definition) is 9. The van der Waals surface area contributed by atoms with E-state index in [4.69, 9.17) is 21.1 Å². The van der Waals surface area contributed by atoms with Gasteiger partial charge in [-0.1, -0.05) is 45.9 Å². The third kappa shape index (κ3) is 7.22. The highest BCUT2D eigenvalue weighted by atomic mass is 35.5. The van der Waals surface area contributed by atoms with Gasteiger partial charge < -0.3 is 34.1 Å². The number of likely N-dealkylation sites (tertiary alicyclic amines) is 1. The second kappa shape index (κ2) is 15.7. The maximum atomic E-state index is 14.3. The van der Waals surface area contributed by atoms with Crippen LogP contribution in [-0.2, 0) is 0 Å². The van der Waals surface area contributed by atoms with Gasteiger partial charge in [-0.05, 0) is 75.2 Å². The van der Waals surface area contributed by atoms with E-state index in [0.29, 0.717) is 43.1 Å². The van der Waals surface area contributed by atoms with Gasteiger partial charge in [0.1, 0.15) is 23.8 Å². The van der Waals surface area contributed by atoms with Gasteiger partial charge in [-0.2, -0.15) is 0 Å². The second-order valence-corrected chi connectivity index (χ2v) is 17.5. The van der Waals surface area contributed by atoms with Gasteiger partial charge in [0.2, 0.25) is 0 Å².